The zero-order valence-electron chi connectivity index (χ0n) is 8.10. The lowest BCUT2D eigenvalue weighted by atomic mass is 9.86. The van der Waals surface area contributed by atoms with Gasteiger partial charge in [0.05, 0.1) is 0 Å². The quantitative estimate of drug-likeness (QED) is 0.601. The molecule has 0 radical (unpaired) electrons. The zero-order chi connectivity index (χ0) is 9.56. The number of nitrogens with two attached hydrogens (primary N) is 1. The van der Waals surface area contributed by atoms with Crippen LogP contribution in [0, 0.1) is 5.92 Å². The van der Waals surface area contributed by atoms with Crippen molar-refractivity contribution in [2.75, 3.05) is 0 Å². The number of hydrogen-bond acceptors (Lipinski definition) is 1. The molecule has 1 fully saturated rings. The molecule has 1 amide bonds. The molecule has 1 aliphatic carbocycles. The molecule has 2 N–H and O–H groups in total. The first kappa shape index (κ1) is 11.2. The second-order valence-corrected chi connectivity index (χ2v) is 2.93. The maximum atomic E-state index is 10.7. The van der Waals surface area contributed by atoms with E-state index >= 15 is 0 Å². The van der Waals surface area contributed by atoms with Crippen LogP contribution >= 0.6 is 0 Å². The van der Waals surface area contributed by atoms with Gasteiger partial charge in [0, 0.05) is 5.92 Å². The van der Waals surface area contributed by atoms with Crippen LogP contribution in [0.15, 0.2) is 12.2 Å². The third-order valence-electron chi connectivity index (χ3n) is 2.10. The Morgan fingerprint density at radius 3 is 2.17 bits per heavy atom. The number of carbonyl (C=O) groups is 1. The summed E-state index contributed by atoms with van der Waals surface area (Å²) in [6.45, 7) is 7.86. The zero-order valence-corrected chi connectivity index (χ0v) is 8.10. The number of primary amides is 1. The third kappa shape index (κ3) is 3.56. The lowest BCUT2D eigenvalue weighted by Crippen LogP contribution is -2.25. The first-order valence-electron chi connectivity index (χ1n) is 4.66. The largest absolute Gasteiger partial charge is 0.369 e. The standard InChI is InChI=1S/C8H13NO.C2H6/c1-6-2-4-7(5-3-6)8(9)10;1-2/h7H,1-5H2,(H2,9,10);1-2H3. The Morgan fingerprint density at radius 2 is 1.83 bits per heavy atom. The van der Waals surface area contributed by atoms with Gasteiger partial charge in [-0.2, -0.15) is 0 Å². The monoisotopic (exact) mass is 169 g/mol. The molecule has 0 aromatic carbocycles. The van der Waals surface area contributed by atoms with Gasteiger partial charge in [0.15, 0.2) is 0 Å². The second kappa shape index (κ2) is 5.81. The molecule has 1 aliphatic rings. The molecule has 0 aliphatic heterocycles. The number of allylic oxidation sites excluding steroid dienone is 1. The van der Waals surface area contributed by atoms with Crippen LogP contribution in [0.25, 0.3) is 0 Å². The van der Waals surface area contributed by atoms with Gasteiger partial charge in [-0.25, -0.2) is 0 Å². The highest BCUT2D eigenvalue weighted by Crippen LogP contribution is 2.26. The smallest absolute Gasteiger partial charge is 0.220 e. The SMILES string of the molecule is C=C1CCC(C(N)=O)CC1.CC. The van der Waals surface area contributed by atoms with Crippen molar-refractivity contribution in [1.29, 1.82) is 0 Å². The second-order valence-electron chi connectivity index (χ2n) is 2.93. The summed E-state index contributed by atoms with van der Waals surface area (Å²) in [5, 5.41) is 0. The summed E-state index contributed by atoms with van der Waals surface area (Å²) in [7, 11) is 0. The Bertz CT molecular complexity index is 153. The van der Waals surface area contributed by atoms with E-state index in [1.54, 1.807) is 0 Å². The lowest BCUT2D eigenvalue weighted by molar-refractivity contribution is -0.122. The number of carbonyl (C=O) groups excluding carboxylic acids is 1. The molecule has 0 atom stereocenters. The van der Waals surface area contributed by atoms with E-state index in [9.17, 15) is 4.79 Å². The van der Waals surface area contributed by atoms with Gasteiger partial charge in [-0.1, -0.05) is 26.0 Å². The van der Waals surface area contributed by atoms with Crippen LogP contribution in [0.4, 0.5) is 0 Å². The molecule has 70 valence electrons. The highest BCUT2D eigenvalue weighted by molar-refractivity contribution is 5.76. The normalized spacial score (nSPS) is 18.0. The maximum absolute atomic E-state index is 10.7. The van der Waals surface area contributed by atoms with Crippen molar-refractivity contribution in [2.24, 2.45) is 11.7 Å². The molecule has 0 saturated heterocycles. The van der Waals surface area contributed by atoms with E-state index in [4.69, 9.17) is 5.73 Å². The average molecular weight is 169 g/mol. The number of hydrogen-bond donors (Lipinski definition) is 1. The van der Waals surface area contributed by atoms with Crippen LogP contribution in [0.2, 0.25) is 0 Å². The lowest BCUT2D eigenvalue weighted by Gasteiger charge is -2.19. The van der Waals surface area contributed by atoms with E-state index in [2.05, 4.69) is 6.58 Å². The van der Waals surface area contributed by atoms with Crippen molar-refractivity contribution in [1.82, 2.24) is 0 Å². The first-order chi connectivity index (χ1) is 5.70. The molecule has 0 heterocycles. The Labute approximate surface area is 74.8 Å². The summed E-state index contributed by atoms with van der Waals surface area (Å²) in [5.74, 6) is -0.0296. The van der Waals surface area contributed by atoms with Crippen LogP contribution in [0.5, 0.6) is 0 Å². The summed E-state index contributed by atoms with van der Waals surface area (Å²) in [6, 6.07) is 0. The summed E-state index contributed by atoms with van der Waals surface area (Å²) in [4.78, 5) is 10.7. The van der Waals surface area contributed by atoms with E-state index in [1.807, 2.05) is 13.8 Å². The van der Waals surface area contributed by atoms with Crippen LogP contribution in [0.3, 0.4) is 0 Å². The first-order valence-corrected chi connectivity index (χ1v) is 4.66. The van der Waals surface area contributed by atoms with Crippen LogP contribution in [-0.2, 0) is 4.79 Å². The van der Waals surface area contributed by atoms with E-state index in [0.29, 0.717) is 0 Å². The predicted molar refractivity (Wildman–Crippen MR) is 51.6 cm³/mol. The van der Waals surface area contributed by atoms with Gasteiger partial charge in [-0.05, 0) is 25.7 Å². The van der Waals surface area contributed by atoms with E-state index < -0.39 is 0 Å². The molecule has 2 heteroatoms. The van der Waals surface area contributed by atoms with Gasteiger partial charge in [0.1, 0.15) is 0 Å². The van der Waals surface area contributed by atoms with Gasteiger partial charge >= 0.3 is 0 Å². The molecule has 1 rings (SSSR count). The molecule has 1 saturated carbocycles. The van der Waals surface area contributed by atoms with E-state index in [1.165, 1.54) is 5.57 Å². The highest BCUT2D eigenvalue weighted by atomic mass is 16.1. The maximum Gasteiger partial charge on any atom is 0.220 e. The molecule has 0 aromatic rings. The van der Waals surface area contributed by atoms with Crippen molar-refractivity contribution in [2.45, 2.75) is 39.5 Å². The number of amides is 1. The van der Waals surface area contributed by atoms with Crippen LogP contribution < -0.4 is 5.73 Å². The van der Waals surface area contributed by atoms with Gasteiger partial charge in [-0.15, -0.1) is 0 Å². The molecule has 0 aromatic heterocycles. The summed E-state index contributed by atoms with van der Waals surface area (Å²) in [5.41, 5.74) is 6.41. The van der Waals surface area contributed by atoms with Gasteiger partial charge in [0.25, 0.3) is 0 Å². The Kier molecular flexibility index (Phi) is 5.43. The van der Waals surface area contributed by atoms with E-state index in [-0.39, 0.29) is 11.8 Å². The van der Waals surface area contributed by atoms with Crippen molar-refractivity contribution in [3.63, 3.8) is 0 Å². The molecule has 0 bridgehead atoms. The van der Waals surface area contributed by atoms with E-state index in [0.717, 1.165) is 25.7 Å². The third-order valence-corrected chi connectivity index (χ3v) is 2.10. The Hall–Kier alpha value is -0.790. The summed E-state index contributed by atoms with van der Waals surface area (Å²) < 4.78 is 0. The molecular weight excluding hydrogens is 150 g/mol. The minimum Gasteiger partial charge on any atom is -0.369 e. The summed E-state index contributed by atoms with van der Waals surface area (Å²) in [6.07, 6.45) is 3.78. The molecule has 2 nitrogen and oxygen atoms in total. The highest BCUT2D eigenvalue weighted by Gasteiger charge is 2.19. The molecule has 12 heavy (non-hydrogen) atoms. The fourth-order valence-corrected chi connectivity index (χ4v) is 1.31. The average Bonchev–Trinajstić information content (AvgIpc) is 2.09. The fourth-order valence-electron chi connectivity index (χ4n) is 1.31. The van der Waals surface area contributed by atoms with Crippen molar-refractivity contribution in [3.8, 4) is 0 Å². The minimum absolute atomic E-state index is 0.116. The predicted octanol–water partition coefficient (Wildman–Crippen LogP) is 2.24. The van der Waals surface area contributed by atoms with Crippen molar-refractivity contribution in [3.05, 3.63) is 12.2 Å². The topological polar surface area (TPSA) is 43.1 Å². The fraction of sp³-hybridized carbons (Fsp3) is 0.700. The Morgan fingerprint density at radius 1 is 1.42 bits per heavy atom. The van der Waals surface area contributed by atoms with Crippen LogP contribution in [0.1, 0.15) is 39.5 Å². The molecule has 0 spiro atoms. The van der Waals surface area contributed by atoms with Crippen molar-refractivity contribution >= 4 is 5.91 Å². The van der Waals surface area contributed by atoms with Crippen molar-refractivity contribution < 1.29 is 4.79 Å². The summed E-state index contributed by atoms with van der Waals surface area (Å²) >= 11 is 0. The van der Waals surface area contributed by atoms with Crippen LogP contribution in [-0.4, -0.2) is 5.91 Å². The Balaban J connectivity index is 0.000000561. The minimum atomic E-state index is -0.146. The van der Waals surface area contributed by atoms with Gasteiger partial charge in [0.2, 0.25) is 5.91 Å². The molecule has 0 unspecified atom stereocenters. The van der Waals surface area contributed by atoms with Gasteiger partial charge < -0.3 is 5.73 Å². The van der Waals surface area contributed by atoms with Gasteiger partial charge in [-0.3, -0.25) is 4.79 Å². The molecular formula is C10H19NO. The number of rotatable bonds is 1.